The lowest BCUT2D eigenvalue weighted by molar-refractivity contribution is -0.137. The number of carboxylic acid groups (broad SMARTS) is 1. The van der Waals surface area contributed by atoms with E-state index in [2.05, 4.69) is 43.4 Å². The highest BCUT2D eigenvalue weighted by Crippen LogP contribution is 2.34. The van der Waals surface area contributed by atoms with Crippen molar-refractivity contribution in [2.24, 2.45) is 11.8 Å². The average Bonchev–Trinajstić information content (AvgIpc) is 2.88. The van der Waals surface area contributed by atoms with Gasteiger partial charge in [0.2, 0.25) is 0 Å². The summed E-state index contributed by atoms with van der Waals surface area (Å²) in [5.41, 5.74) is 2.87. The molecule has 0 aromatic carbocycles. The van der Waals surface area contributed by atoms with Crippen LogP contribution in [0.1, 0.15) is 90.4 Å². The Morgan fingerprint density at radius 1 is 1.17 bits per heavy atom. The lowest BCUT2D eigenvalue weighted by Gasteiger charge is -2.14. The number of unbranched alkanes of at least 4 members (excludes halogenated alkanes) is 3. The average molecular weight is 399 g/mol. The van der Waals surface area contributed by atoms with Gasteiger partial charge in [0.1, 0.15) is 5.78 Å². The maximum absolute atomic E-state index is 12.3. The molecular weight excluding hydrogens is 360 g/mol. The van der Waals surface area contributed by atoms with Crippen LogP contribution in [0.2, 0.25) is 0 Å². The summed E-state index contributed by atoms with van der Waals surface area (Å²) in [7, 11) is 0. The number of allylic oxidation sites excluding steroid dienone is 8. The summed E-state index contributed by atoms with van der Waals surface area (Å²) < 4.78 is 0. The molecular formula is C26H38O3. The van der Waals surface area contributed by atoms with E-state index in [1.807, 2.05) is 0 Å². The molecule has 0 heterocycles. The van der Waals surface area contributed by atoms with Gasteiger partial charge in [0.25, 0.3) is 0 Å². The van der Waals surface area contributed by atoms with E-state index >= 15 is 0 Å². The third-order valence-electron chi connectivity index (χ3n) is 6.05. The van der Waals surface area contributed by atoms with E-state index in [9.17, 15) is 9.59 Å². The van der Waals surface area contributed by atoms with Crippen LogP contribution >= 0.6 is 0 Å². The van der Waals surface area contributed by atoms with Crippen molar-refractivity contribution in [1.82, 2.24) is 0 Å². The maximum atomic E-state index is 12.3. The molecule has 1 saturated carbocycles. The molecule has 160 valence electrons. The highest BCUT2D eigenvalue weighted by molar-refractivity contribution is 5.83. The second-order valence-electron chi connectivity index (χ2n) is 8.48. The summed E-state index contributed by atoms with van der Waals surface area (Å²) in [5.74, 6) is 0.296. The SMILES string of the molecule is CCCC1=CC(CC/C=C/C2CCC(=O)[C@@H]2CCCCCCC(=O)O)=CCC=C1. The van der Waals surface area contributed by atoms with Crippen molar-refractivity contribution < 1.29 is 14.7 Å². The number of carbonyl (C=O) groups excluding carboxylic acids is 1. The zero-order valence-electron chi connectivity index (χ0n) is 18.1. The van der Waals surface area contributed by atoms with E-state index in [0.717, 1.165) is 70.6 Å². The first-order valence-corrected chi connectivity index (χ1v) is 11.6. The number of ketones is 1. The fourth-order valence-electron chi connectivity index (χ4n) is 4.46. The molecule has 0 aromatic heterocycles. The second-order valence-corrected chi connectivity index (χ2v) is 8.48. The molecule has 0 bridgehead atoms. The van der Waals surface area contributed by atoms with Crippen LogP contribution in [0.4, 0.5) is 0 Å². The highest BCUT2D eigenvalue weighted by Gasteiger charge is 2.32. The number of Topliss-reactive ketones (excluding diaryl/α,β-unsaturated/α-hetero) is 1. The maximum Gasteiger partial charge on any atom is 0.303 e. The molecule has 2 rings (SSSR count). The van der Waals surface area contributed by atoms with Gasteiger partial charge in [-0.2, -0.15) is 0 Å². The summed E-state index contributed by atoms with van der Waals surface area (Å²) in [6.07, 6.45) is 25.9. The number of rotatable bonds is 13. The van der Waals surface area contributed by atoms with Crippen LogP contribution in [-0.2, 0) is 9.59 Å². The van der Waals surface area contributed by atoms with Crippen LogP contribution in [0.25, 0.3) is 0 Å². The van der Waals surface area contributed by atoms with Crippen molar-refractivity contribution in [3.8, 4) is 0 Å². The Bertz CT molecular complexity index is 651. The lowest BCUT2D eigenvalue weighted by atomic mass is 9.89. The van der Waals surface area contributed by atoms with Crippen LogP contribution in [0, 0.1) is 11.8 Å². The second kappa shape index (κ2) is 13.3. The summed E-state index contributed by atoms with van der Waals surface area (Å²) in [5, 5.41) is 8.69. The van der Waals surface area contributed by atoms with Gasteiger partial charge in [-0.3, -0.25) is 9.59 Å². The molecule has 0 spiro atoms. The van der Waals surface area contributed by atoms with Crippen molar-refractivity contribution in [3.63, 3.8) is 0 Å². The van der Waals surface area contributed by atoms with Gasteiger partial charge >= 0.3 is 5.97 Å². The molecule has 1 unspecified atom stereocenters. The van der Waals surface area contributed by atoms with Crippen molar-refractivity contribution >= 4 is 11.8 Å². The molecule has 0 amide bonds. The van der Waals surface area contributed by atoms with Crippen LogP contribution in [0.15, 0.2) is 47.6 Å². The summed E-state index contributed by atoms with van der Waals surface area (Å²) >= 11 is 0. The molecule has 2 aliphatic rings. The first kappa shape index (κ1) is 23.4. The number of carboxylic acids is 1. The Hall–Kier alpha value is -1.90. The Balaban J connectivity index is 1.72. The first-order chi connectivity index (χ1) is 14.1. The van der Waals surface area contributed by atoms with Gasteiger partial charge in [0, 0.05) is 18.8 Å². The molecule has 3 nitrogen and oxygen atoms in total. The van der Waals surface area contributed by atoms with Crippen LogP contribution in [-0.4, -0.2) is 16.9 Å². The standard InChI is InChI=1S/C26H38O3/c1-2-11-21-12-7-8-13-22(20-21)14-9-10-15-23-18-19-25(27)24(23)16-5-3-4-6-17-26(28)29/h7,10,12-13,15,20,23-24H,2-6,8-9,11,14,16-19H2,1H3,(H,28,29)/b15-10+/t23?,24-/m1/s1. The number of aliphatic carboxylic acids is 1. The van der Waals surface area contributed by atoms with Crippen molar-refractivity contribution in [2.45, 2.75) is 90.4 Å². The molecule has 2 atom stereocenters. The molecule has 2 aliphatic carbocycles. The van der Waals surface area contributed by atoms with E-state index in [4.69, 9.17) is 5.11 Å². The number of hydrogen-bond donors (Lipinski definition) is 1. The Morgan fingerprint density at radius 2 is 2.00 bits per heavy atom. The van der Waals surface area contributed by atoms with Crippen LogP contribution in [0.3, 0.4) is 0 Å². The molecule has 1 fully saturated rings. The topological polar surface area (TPSA) is 54.4 Å². The fraction of sp³-hybridized carbons (Fsp3) is 0.615. The predicted octanol–water partition coefficient (Wildman–Crippen LogP) is 6.96. The first-order valence-electron chi connectivity index (χ1n) is 11.6. The van der Waals surface area contributed by atoms with E-state index in [1.54, 1.807) is 0 Å². The molecule has 0 aliphatic heterocycles. The number of hydrogen-bond acceptors (Lipinski definition) is 2. The van der Waals surface area contributed by atoms with Gasteiger partial charge in [0.15, 0.2) is 0 Å². The van der Waals surface area contributed by atoms with Gasteiger partial charge < -0.3 is 5.11 Å². The summed E-state index contributed by atoms with van der Waals surface area (Å²) in [4.78, 5) is 22.8. The Labute approximate surface area is 176 Å². The van der Waals surface area contributed by atoms with Gasteiger partial charge in [-0.15, -0.1) is 0 Å². The quantitative estimate of drug-likeness (QED) is 0.269. The molecule has 29 heavy (non-hydrogen) atoms. The fourth-order valence-corrected chi connectivity index (χ4v) is 4.46. The Kier molecular flexibility index (Phi) is 10.8. The van der Waals surface area contributed by atoms with Crippen LogP contribution in [0.5, 0.6) is 0 Å². The van der Waals surface area contributed by atoms with E-state index in [0.29, 0.717) is 11.7 Å². The minimum atomic E-state index is -0.714. The van der Waals surface area contributed by atoms with Gasteiger partial charge in [-0.25, -0.2) is 0 Å². The smallest absolute Gasteiger partial charge is 0.303 e. The minimum Gasteiger partial charge on any atom is -0.481 e. The monoisotopic (exact) mass is 398 g/mol. The third-order valence-corrected chi connectivity index (χ3v) is 6.05. The summed E-state index contributed by atoms with van der Waals surface area (Å²) in [6, 6.07) is 0. The molecule has 0 saturated heterocycles. The highest BCUT2D eigenvalue weighted by atomic mass is 16.4. The largest absolute Gasteiger partial charge is 0.481 e. The van der Waals surface area contributed by atoms with Crippen LogP contribution < -0.4 is 0 Å². The molecule has 0 radical (unpaired) electrons. The van der Waals surface area contributed by atoms with E-state index in [1.165, 1.54) is 17.6 Å². The number of carbonyl (C=O) groups is 2. The van der Waals surface area contributed by atoms with E-state index in [-0.39, 0.29) is 12.3 Å². The molecule has 1 N–H and O–H groups in total. The van der Waals surface area contributed by atoms with Gasteiger partial charge in [-0.1, -0.05) is 74.6 Å². The predicted molar refractivity (Wildman–Crippen MR) is 120 cm³/mol. The van der Waals surface area contributed by atoms with Crippen molar-refractivity contribution in [2.75, 3.05) is 0 Å². The molecule has 0 aromatic rings. The van der Waals surface area contributed by atoms with E-state index < -0.39 is 5.97 Å². The minimum absolute atomic E-state index is 0.183. The normalized spacial score (nSPS) is 22.0. The van der Waals surface area contributed by atoms with Gasteiger partial charge in [0.05, 0.1) is 0 Å². The lowest BCUT2D eigenvalue weighted by Crippen LogP contribution is -2.13. The third kappa shape index (κ3) is 8.97. The summed E-state index contributed by atoms with van der Waals surface area (Å²) in [6.45, 7) is 2.22. The zero-order chi connectivity index (χ0) is 20.9. The Morgan fingerprint density at radius 3 is 2.79 bits per heavy atom. The van der Waals surface area contributed by atoms with Crippen molar-refractivity contribution in [1.29, 1.82) is 0 Å². The van der Waals surface area contributed by atoms with Crippen molar-refractivity contribution in [3.05, 3.63) is 47.6 Å². The zero-order valence-corrected chi connectivity index (χ0v) is 18.1. The molecule has 3 heteroatoms. The van der Waals surface area contributed by atoms with Gasteiger partial charge in [-0.05, 0) is 56.4 Å².